The molecule has 0 bridgehead atoms. The molecular weight excluding hydrogens is 180 g/mol. The summed E-state index contributed by atoms with van der Waals surface area (Å²) < 4.78 is 0. The number of hydrogen-bond acceptors (Lipinski definition) is 3. The van der Waals surface area contributed by atoms with Crippen molar-refractivity contribution in [1.82, 2.24) is 0 Å². The van der Waals surface area contributed by atoms with Crippen LogP contribution in [0, 0.1) is 5.92 Å². The molecule has 1 N–H and O–H groups in total. The second-order valence-corrected chi connectivity index (χ2v) is 3.38. The molecule has 0 rings (SSSR count). The molecule has 0 atom stereocenters. The summed E-state index contributed by atoms with van der Waals surface area (Å²) in [5.74, 6) is 1.04. The third-order valence-corrected chi connectivity index (χ3v) is 2.05. The van der Waals surface area contributed by atoms with E-state index in [1.165, 1.54) is 0 Å². The van der Waals surface area contributed by atoms with Crippen molar-refractivity contribution in [2.75, 3.05) is 11.5 Å². The molecule has 0 aliphatic rings. The zero-order valence-electron chi connectivity index (χ0n) is 6.36. The summed E-state index contributed by atoms with van der Waals surface area (Å²) in [5, 5.41) is 8.49. The van der Waals surface area contributed by atoms with Crippen LogP contribution in [0.2, 0.25) is 0 Å². The molecule has 0 aromatic rings. The van der Waals surface area contributed by atoms with Crippen molar-refractivity contribution in [1.29, 1.82) is 0 Å². The van der Waals surface area contributed by atoms with E-state index in [2.05, 4.69) is 25.3 Å². The highest BCUT2D eigenvalue weighted by atomic mass is 32.1. The van der Waals surface area contributed by atoms with E-state index in [1.54, 1.807) is 0 Å². The first-order valence-electron chi connectivity index (χ1n) is 3.64. The molecule has 66 valence electrons. The van der Waals surface area contributed by atoms with Gasteiger partial charge in [-0.25, -0.2) is 0 Å². The molecule has 0 unspecified atom stereocenters. The summed E-state index contributed by atoms with van der Waals surface area (Å²) in [6, 6.07) is 0. The molecule has 11 heavy (non-hydrogen) atoms. The van der Waals surface area contributed by atoms with Gasteiger partial charge in [0.25, 0.3) is 0 Å². The maximum absolute atomic E-state index is 10.3. The van der Waals surface area contributed by atoms with E-state index >= 15 is 0 Å². The monoisotopic (exact) mass is 194 g/mol. The summed E-state index contributed by atoms with van der Waals surface area (Å²) >= 11 is 8.11. The molecule has 0 heterocycles. The first-order valence-corrected chi connectivity index (χ1v) is 4.90. The van der Waals surface area contributed by atoms with Crippen molar-refractivity contribution in [3.8, 4) is 0 Å². The Bertz CT molecular complexity index is 111. The van der Waals surface area contributed by atoms with E-state index in [1.807, 2.05) is 0 Å². The minimum atomic E-state index is -0.724. The van der Waals surface area contributed by atoms with Gasteiger partial charge in [-0.1, -0.05) is 0 Å². The molecular formula is C7H14O2S2. The van der Waals surface area contributed by atoms with E-state index in [0.29, 0.717) is 0 Å². The Kier molecular flexibility index (Phi) is 6.96. The summed E-state index contributed by atoms with van der Waals surface area (Å²) in [6.45, 7) is 0. The maximum Gasteiger partial charge on any atom is 0.303 e. The highest BCUT2D eigenvalue weighted by Gasteiger charge is 2.10. The average Bonchev–Trinajstić information content (AvgIpc) is 1.87. The van der Waals surface area contributed by atoms with E-state index < -0.39 is 5.97 Å². The minimum Gasteiger partial charge on any atom is -0.481 e. The van der Waals surface area contributed by atoms with Crippen LogP contribution in [-0.2, 0) is 4.79 Å². The van der Waals surface area contributed by atoms with Crippen molar-refractivity contribution in [2.45, 2.75) is 19.3 Å². The number of aliphatic carboxylic acids is 1. The molecule has 0 radical (unpaired) electrons. The zero-order chi connectivity index (χ0) is 8.69. The molecule has 0 aromatic heterocycles. The summed E-state index contributed by atoms with van der Waals surface area (Å²) in [6.07, 6.45) is 1.99. The number of hydrogen-bond donors (Lipinski definition) is 3. The van der Waals surface area contributed by atoms with Crippen LogP contribution in [-0.4, -0.2) is 22.6 Å². The van der Waals surface area contributed by atoms with E-state index in [0.717, 1.165) is 24.3 Å². The Morgan fingerprint density at radius 3 is 2.00 bits per heavy atom. The zero-order valence-corrected chi connectivity index (χ0v) is 8.15. The SMILES string of the molecule is O=C(O)CC(CCS)CCS. The predicted molar refractivity (Wildman–Crippen MR) is 52.7 cm³/mol. The summed E-state index contributed by atoms with van der Waals surface area (Å²) in [5.41, 5.74) is 0. The quantitative estimate of drug-likeness (QED) is 0.563. The van der Waals surface area contributed by atoms with Gasteiger partial charge in [0.2, 0.25) is 0 Å². The number of carboxylic acids is 1. The maximum atomic E-state index is 10.3. The van der Waals surface area contributed by atoms with Gasteiger partial charge in [0, 0.05) is 6.42 Å². The van der Waals surface area contributed by atoms with Crippen LogP contribution in [0.5, 0.6) is 0 Å². The van der Waals surface area contributed by atoms with E-state index in [9.17, 15) is 4.79 Å². The van der Waals surface area contributed by atoms with E-state index in [4.69, 9.17) is 5.11 Å². The van der Waals surface area contributed by atoms with Gasteiger partial charge < -0.3 is 5.11 Å². The second-order valence-electron chi connectivity index (χ2n) is 2.49. The van der Waals surface area contributed by atoms with Crippen molar-refractivity contribution in [2.24, 2.45) is 5.92 Å². The fourth-order valence-corrected chi connectivity index (χ4v) is 1.69. The third-order valence-electron chi connectivity index (χ3n) is 1.54. The third kappa shape index (κ3) is 6.56. The highest BCUT2D eigenvalue weighted by molar-refractivity contribution is 7.80. The Morgan fingerprint density at radius 2 is 1.73 bits per heavy atom. The number of thiol groups is 2. The van der Waals surface area contributed by atoms with E-state index in [-0.39, 0.29) is 12.3 Å². The largest absolute Gasteiger partial charge is 0.481 e. The summed E-state index contributed by atoms with van der Waals surface area (Å²) in [7, 11) is 0. The Hall–Kier alpha value is 0.170. The van der Waals surface area contributed by atoms with Crippen molar-refractivity contribution >= 4 is 31.2 Å². The Balaban J connectivity index is 3.59. The van der Waals surface area contributed by atoms with Crippen LogP contribution in [0.1, 0.15) is 19.3 Å². The van der Waals surface area contributed by atoms with Gasteiger partial charge in [0.05, 0.1) is 0 Å². The highest BCUT2D eigenvalue weighted by Crippen LogP contribution is 2.14. The Morgan fingerprint density at radius 1 is 1.27 bits per heavy atom. The molecule has 0 aromatic carbocycles. The van der Waals surface area contributed by atoms with Gasteiger partial charge in [-0.2, -0.15) is 25.3 Å². The number of carboxylic acid groups (broad SMARTS) is 1. The molecule has 0 saturated carbocycles. The van der Waals surface area contributed by atoms with Crippen molar-refractivity contribution in [3.05, 3.63) is 0 Å². The van der Waals surface area contributed by atoms with Gasteiger partial charge in [-0.3, -0.25) is 4.79 Å². The molecule has 4 heteroatoms. The van der Waals surface area contributed by atoms with Crippen LogP contribution < -0.4 is 0 Å². The predicted octanol–water partition coefficient (Wildman–Crippen LogP) is 1.72. The first-order chi connectivity index (χ1) is 5.20. The van der Waals surface area contributed by atoms with Crippen molar-refractivity contribution in [3.63, 3.8) is 0 Å². The van der Waals surface area contributed by atoms with Crippen LogP contribution in [0.25, 0.3) is 0 Å². The van der Waals surface area contributed by atoms with Crippen molar-refractivity contribution < 1.29 is 9.90 Å². The normalized spacial score (nSPS) is 10.5. The minimum absolute atomic E-state index is 0.251. The topological polar surface area (TPSA) is 37.3 Å². The van der Waals surface area contributed by atoms with Gasteiger partial charge in [-0.15, -0.1) is 0 Å². The fourth-order valence-electron chi connectivity index (χ4n) is 0.961. The number of rotatable bonds is 6. The lowest BCUT2D eigenvalue weighted by Gasteiger charge is -2.10. The Labute approximate surface area is 78.2 Å². The van der Waals surface area contributed by atoms with Gasteiger partial charge in [-0.05, 0) is 30.3 Å². The van der Waals surface area contributed by atoms with Crippen LogP contribution in [0.4, 0.5) is 0 Å². The lowest BCUT2D eigenvalue weighted by atomic mass is 10.00. The second kappa shape index (κ2) is 6.85. The van der Waals surface area contributed by atoms with Crippen LogP contribution in [0.3, 0.4) is 0 Å². The lowest BCUT2D eigenvalue weighted by molar-refractivity contribution is -0.138. The molecule has 0 aliphatic carbocycles. The molecule has 2 nitrogen and oxygen atoms in total. The smallest absolute Gasteiger partial charge is 0.303 e. The van der Waals surface area contributed by atoms with Gasteiger partial charge >= 0.3 is 5.97 Å². The molecule has 0 fully saturated rings. The fraction of sp³-hybridized carbons (Fsp3) is 0.857. The molecule has 0 spiro atoms. The molecule has 0 aliphatic heterocycles. The molecule has 0 amide bonds. The van der Waals surface area contributed by atoms with Gasteiger partial charge in [0.15, 0.2) is 0 Å². The van der Waals surface area contributed by atoms with Crippen LogP contribution >= 0.6 is 25.3 Å². The molecule has 0 saturated heterocycles. The van der Waals surface area contributed by atoms with Crippen LogP contribution in [0.15, 0.2) is 0 Å². The first kappa shape index (κ1) is 11.2. The number of carbonyl (C=O) groups is 1. The lowest BCUT2D eigenvalue weighted by Crippen LogP contribution is -2.09. The van der Waals surface area contributed by atoms with Gasteiger partial charge in [0.1, 0.15) is 0 Å². The average molecular weight is 194 g/mol. The standard InChI is InChI=1S/C7H14O2S2/c8-7(9)5-6(1-3-10)2-4-11/h6,10-11H,1-5H2,(H,8,9). The summed E-state index contributed by atoms with van der Waals surface area (Å²) in [4.78, 5) is 10.3.